The molecule has 1 N–H and O–H groups in total. The highest BCUT2D eigenvalue weighted by Gasteiger charge is 2.15. The molecule has 0 aliphatic rings. The molecular weight excluding hydrogens is 224 g/mol. The van der Waals surface area contributed by atoms with Crippen molar-refractivity contribution in [2.75, 3.05) is 0 Å². The summed E-state index contributed by atoms with van der Waals surface area (Å²) < 4.78 is 5.08. The molecular formula is C11H14N2O2S. The molecule has 0 spiro atoms. The van der Waals surface area contributed by atoms with Crippen molar-refractivity contribution in [3.8, 4) is 6.07 Å². The van der Waals surface area contributed by atoms with Crippen LogP contribution in [0.4, 0.5) is 4.79 Å². The fraction of sp³-hybridized carbons (Fsp3) is 0.455. The molecule has 0 aliphatic carbocycles. The predicted molar refractivity (Wildman–Crippen MR) is 62.1 cm³/mol. The number of nitriles is 1. The SMILES string of the molecule is CC(C)(C)OC(=O)NCc1cc(C#N)cs1. The molecule has 16 heavy (non-hydrogen) atoms. The Balaban J connectivity index is 2.41. The number of amides is 1. The number of alkyl carbamates (subject to hydrolysis) is 1. The maximum Gasteiger partial charge on any atom is 0.407 e. The first kappa shape index (κ1) is 12.5. The Morgan fingerprint density at radius 2 is 2.31 bits per heavy atom. The van der Waals surface area contributed by atoms with Crippen LogP contribution in [-0.4, -0.2) is 11.7 Å². The van der Waals surface area contributed by atoms with Crippen molar-refractivity contribution in [1.82, 2.24) is 5.32 Å². The zero-order chi connectivity index (χ0) is 12.2. The number of ether oxygens (including phenoxy) is 1. The number of hydrogen-bond acceptors (Lipinski definition) is 4. The van der Waals surface area contributed by atoms with Crippen LogP contribution in [0.2, 0.25) is 0 Å². The lowest BCUT2D eigenvalue weighted by Crippen LogP contribution is -2.31. The van der Waals surface area contributed by atoms with Gasteiger partial charge in [-0.1, -0.05) is 0 Å². The van der Waals surface area contributed by atoms with E-state index in [1.54, 1.807) is 11.4 Å². The van der Waals surface area contributed by atoms with Crippen LogP contribution in [0.1, 0.15) is 31.2 Å². The number of hydrogen-bond donors (Lipinski definition) is 1. The third-order valence-electron chi connectivity index (χ3n) is 1.59. The smallest absolute Gasteiger partial charge is 0.407 e. The minimum atomic E-state index is -0.489. The maximum absolute atomic E-state index is 11.3. The van der Waals surface area contributed by atoms with Crippen molar-refractivity contribution in [3.05, 3.63) is 21.9 Å². The van der Waals surface area contributed by atoms with Crippen LogP contribution >= 0.6 is 11.3 Å². The summed E-state index contributed by atoms with van der Waals surface area (Å²) in [5.74, 6) is 0. The van der Waals surface area contributed by atoms with E-state index in [0.717, 1.165) is 4.88 Å². The molecule has 0 unspecified atom stereocenters. The van der Waals surface area contributed by atoms with E-state index >= 15 is 0 Å². The number of rotatable bonds is 2. The highest BCUT2D eigenvalue weighted by atomic mass is 32.1. The number of nitrogens with one attached hydrogen (secondary N) is 1. The van der Waals surface area contributed by atoms with E-state index in [1.807, 2.05) is 26.8 Å². The Labute approximate surface area is 98.8 Å². The minimum absolute atomic E-state index is 0.390. The molecule has 1 heterocycles. The maximum atomic E-state index is 11.3. The molecule has 0 bridgehead atoms. The van der Waals surface area contributed by atoms with Crippen LogP contribution in [0, 0.1) is 11.3 Å². The molecule has 0 atom stereocenters. The molecule has 0 aromatic carbocycles. The summed E-state index contributed by atoms with van der Waals surface area (Å²) >= 11 is 1.44. The molecule has 1 amide bonds. The van der Waals surface area contributed by atoms with Gasteiger partial charge in [-0.15, -0.1) is 11.3 Å². The van der Waals surface area contributed by atoms with E-state index in [-0.39, 0.29) is 0 Å². The van der Waals surface area contributed by atoms with Gasteiger partial charge in [0.2, 0.25) is 0 Å². The normalized spacial score (nSPS) is 10.6. The fourth-order valence-electron chi connectivity index (χ4n) is 1.01. The summed E-state index contributed by atoms with van der Waals surface area (Å²) in [6, 6.07) is 3.79. The molecule has 0 fully saturated rings. The highest BCUT2D eigenvalue weighted by molar-refractivity contribution is 7.10. The number of thiophene rings is 1. The van der Waals surface area contributed by atoms with Gasteiger partial charge < -0.3 is 10.1 Å². The molecule has 4 nitrogen and oxygen atoms in total. The lowest BCUT2D eigenvalue weighted by atomic mass is 10.2. The van der Waals surface area contributed by atoms with Crippen molar-refractivity contribution in [3.63, 3.8) is 0 Å². The Kier molecular flexibility index (Phi) is 3.91. The molecule has 0 radical (unpaired) electrons. The first-order chi connectivity index (χ1) is 7.40. The second-order valence-corrected chi connectivity index (χ2v) is 5.26. The van der Waals surface area contributed by atoms with E-state index in [0.29, 0.717) is 12.1 Å². The molecule has 1 aromatic heterocycles. The Bertz CT molecular complexity index is 412. The summed E-state index contributed by atoms with van der Waals surface area (Å²) in [4.78, 5) is 12.2. The third-order valence-corrected chi connectivity index (χ3v) is 2.53. The monoisotopic (exact) mass is 238 g/mol. The summed E-state index contributed by atoms with van der Waals surface area (Å²) in [5, 5.41) is 13.0. The van der Waals surface area contributed by atoms with Crippen LogP contribution in [0.3, 0.4) is 0 Å². The fourth-order valence-corrected chi connectivity index (χ4v) is 1.76. The molecule has 1 aromatic rings. The summed E-state index contributed by atoms with van der Waals surface area (Å²) in [6.07, 6.45) is -0.445. The van der Waals surface area contributed by atoms with Gasteiger partial charge in [-0.05, 0) is 26.8 Å². The first-order valence-electron chi connectivity index (χ1n) is 4.85. The quantitative estimate of drug-likeness (QED) is 0.861. The Morgan fingerprint density at radius 3 is 2.81 bits per heavy atom. The van der Waals surface area contributed by atoms with Crippen LogP contribution < -0.4 is 5.32 Å². The predicted octanol–water partition coefficient (Wildman–Crippen LogP) is 2.64. The van der Waals surface area contributed by atoms with Crippen LogP contribution in [-0.2, 0) is 11.3 Å². The minimum Gasteiger partial charge on any atom is -0.444 e. The molecule has 0 saturated heterocycles. The molecule has 5 heteroatoms. The Hall–Kier alpha value is -1.54. The van der Waals surface area contributed by atoms with Gasteiger partial charge in [-0.25, -0.2) is 4.79 Å². The average molecular weight is 238 g/mol. The summed E-state index contributed by atoms with van der Waals surface area (Å²) in [6.45, 7) is 5.82. The summed E-state index contributed by atoms with van der Waals surface area (Å²) in [5.41, 5.74) is 0.128. The standard InChI is InChI=1S/C11H14N2O2S/c1-11(2,3)15-10(14)13-6-9-4-8(5-12)7-16-9/h4,7H,6H2,1-3H3,(H,13,14). The van der Waals surface area contributed by atoms with Crippen LogP contribution in [0.25, 0.3) is 0 Å². The van der Waals surface area contributed by atoms with Crippen LogP contribution in [0.15, 0.2) is 11.4 Å². The van der Waals surface area contributed by atoms with Crippen molar-refractivity contribution >= 4 is 17.4 Å². The lowest BCUT2D eigenvalue weighted by molar-refractivity contribution is 0.0524. The van der Waals surface area contributed by atoms with Gasteiger partial charge in [0.25, 0.3) is 0 Å². The van der Waals surface area contributed by atoms with Crippen molar-refractivity contribution in [1.29, 1.82) is 5.26 Å². The van der Waals surface area contributed by atoms with Gasteiger partial charge in [-0.3, -0.25) is 0 Å². The van der Waals surface area contributed by atoms with E-state index in [9.17, 15) is 4.79 Å². The summed E-state index contributed by atoms with van der Waals surface area (Å²) in [7, 11) is 0. The van der Waals surface area contributed by atoms with Crippen LogP contribution in [0.5, 0.6) is 0 Å². The zero-order valence-corrected chi connectivity index (χ0v) is 10.4. The average Bonchev–Trinajstić information content (AvgIpc) is 2.59. The van der Waals surface area contributed by atoms with Gasteiger partial charge in [-0.2, -0.15) is 5.26 Å². The van der Waals surface area contributed by atoms with Gasteiger partial charge in [0, 0.05) is 10.3 Å². The number of carbonyl (C=O) groups excluding carboxylic acids is 1. The van der Waals surface area contributed by atoms with Gasteiger partial charge in [0.15, 0.2) is 0 Å². The third kappa shape index (κ3) is 4.32. The van der Waals surface area contributed by atoms with Gasteiger partial charge in [0.1, 0.15) is 11.7 Å². The second-order valence-electron chi connectivity index (χ2n) is 4.27. The van der Waals surface area contributed by atoms with Crippen molar-refractivity contribution in [2.45, 2.75) is 32.9 Å². The Morgan fingerprint density at radius 1 is 1.62 bits per heavy atom. The van der Waals surface area contributed by atoms with Crippen molar-refractivity contribution in [2.24, 2.45) is 0 Å². The van der Waals surface area contributed by atoms with Gasteiger partial charge in [0.05, 0.1) is 12.1 Å². The molecule has 1 rings (SSSR count). The number of nitrogens with zero attached hydrogens (tertiary/aromatic N) is 1. The number of carbonyl (C=O) groups is 1. The van der Waals surface area contributed by atoms with E-state index in [1.165, 1.54) is 11.3 Å². The van der Waals surface area contributed by atoms with Crippen molar-refractivity contribution < 1.29 is 9.53 Å². The largest absolute Gasteiger partial charge is 0.444 e. The second kappa shape index (κ2) is 4.99. The molecule has 0 aliphatic heterocycles. The van der Waals surface area contributed by atoms with Gasteiger partial charge >= 0.3 is 6.09 Å². The lowest BCUT2D eigenvalue weighted by Gasteiger charge is -2.19. The molecule has 86 valence electrons. The van der Waals surface area contributed by atoms with E-state index < -0.39 is 11.7 Å². The topological polar surface area (TPSA) is 62.1 Å². The zero-order valence-electron chi connectivity index (χ0n) is 9.53. The first-order valence-corrected chi connectivity index (χ1v) is 5.73. The molecule has 0 saturated carbocycles. The highest BCUT2D eigenvalue weighted by Crippen LogP contribution is 2.13. The van der Waals surface area contributed by atoms with E-state index in [4.69, 9.17) is 10.00 Å². The van der Waals surface area contributed by atoms with E-state index in [2.05, 4.69) is 5.32 Å².